The zero-order chi connectivity index (χ0) is 29.7. The molecule has 0 aliphatic carbocycles. The molecule has 0 saturated heterocycles. The molecule has 0 saturated carbocycles. The summed E-state index contributed by atoms with van der Waals surface area (Å²) in [6, 6.07) is 22.4. The summed E-state index contributed by atoms with van der Waals surface area (Å²) in [5, 5.41) is 2.99. The number of carbonyl (C=O) groups excluding carboxylic acids is 1. The molecule has 212 valence electrons. The number of anilines is 1. The van der Waals surface area contributed by atoms with Gasteiger partial charge in [0.15, 0.2) is 4.80 Å². The molecule has 1 N–H and O–H groups in total. The van der Waals surface area contributed by atoms with Crippen LogP contribution in [0.5, 0.6) is 0 Å². The minimum Gasteiger partial charge on any atom is -0.322 e. The van der Waals surface area contributed by atoms with Crippen LogP contribution in [0, 0.1) is 0 Å². The van der Waals surface area contributed by atoms with Gasteiger partial charge < -0.3 is 5.32 Å². The lowest BCUT2D eigenvalue weighted by Gasteiger charge is -2.25. The second kappa shape index (κ2) is 10.6. The number of amides is 1. The molecule has 0 radical (unpaired) electrons. The number of hydrogen-bond acceptors (Lipinski definition) is 5. The van der Waals surface area contributed by atoms with Crippen molar-refractivity contribution in [2.75, 3.05) is 5.32 Å². The molecule has 5 aromatic rings. The maximum atomic E-state index is 14.1. The predicted molar refractivity (Wildman–Crippen MR) is 168 cm³/mol. The van der Waals surface area contributed by atoms with Crippen LogP contribution in [0.15, 0.2) is 98.6 Å². The first-order valence-electron chi connectivity index (χ1n) is 13.8. The summed E-state index contributed by atoms with van der Waals surface area (Å²) in [5.74, 6) is 0.0470. The van der Waals surface area contributed by atoms with Crippen LogP contribution in [0.1, 0.15) is 49.4 Å². The third kappa shape index (κ3) is 4.65. The van der Waals surface area contributed by atoms with Crippen LogP contribution in [0.2, 0.25) is 0 Å². The highest BCUT2D eigenvalue weighted by atomic mass is 32.1. The number of aryl methyl sites for hydroxylation is 2. The standard InChI is InChI=1S/C33H31N5O3S/c1-19(2)22-12-14-23(15-13-22)29-28(30(39)35-24-9-7-6-8-10-24)20(3)34-32-38(29)31(40)27(42-32)18-21-11-16-25-26(17-21)37(5)33(41)36(25)4/h6-19,29H,1-5H3,(H,35,39)/b27-18+/t29-/m1/s1. The minimum atomic E-state index is -0.647. The van der Waals surface area contributed by atoms with Gasteiger partial charge in [0.1, 0.15) is 0 Å². The molecule has 6 rings (SSSR count). The Morgan fingerprint density at radius 2 is 1.64 bits per heavy atom. The maximum absolute atomic E-state index is 14.1. The summed E-state index contributed by atoms with van der Waals surface area (Å²) >= 11 is 1.29. The molecule has 0 bridgehead atoms. The number of carbonyl (C=O) groups is 1. The Bertz CT molecular complexity index is 2130. The normalized spacial score (nSPS) is 15.3. The van der Waals surface area contributed by atoms with E-state index in [1.54, 1.807) is 27.8 Å². The molecule has 1 aliphatic rings. The van der Waals surface area contributed by atoms with Gasteiger partial charge in [0.2, 0.25) is 0 Å². The first kappa shape index (κ1) is 27.4. The van der Waals surface area contributed by atoms with Crippen LogP contribution < -0.4 is 25.9 Å². The quantitative estimate of drug-likeness (QED) is 0.340. The van der Waals surface area contributed by atoms with Gasteiger partial charge in [-0.05, 0) is 59.9 Å². The monoisotopic (exact) mass is 577 g/mol. The number of hydrogen-bond donors (Lipinski definition) is 1. The summed E-state index contributed by atoms with van der Waals surface area (Å²) in [5.41, 5.74) is 5.72. The largest absolute Gasteiger partial charge is 0.328 e. The molecule has 1 amide bonds. The van der Waals surface area contributed by atoms with E-state index in [9.17, 15) is 14.4 Å². The second-order valence-corrected chi connectivity index (χ2v) is 11.9. The number of aromatic nitrogens is 3. The third-order valence-corrected chi connectivity index (χ3v) is 8.79. The van der Waals surface area contributed by atoms with E-state index in [1.807, 2.05) is 73.7 Å². The van der Waals surface area contributed by atoms with E-state index in [-0.39, 0.29) is 17.2 Å². The van der Waals surface area contributed by atoms with E-state index in [1.165, 1.54) is 16.9 Å². The van der Waals surface area contributed by atoms with Gasteiger partial charge in [-0.1, -0.05) is 73.7 Å². The number of para-hydroxylation sites is 1. The Morgan fingerprint density at radius 1 is 0.952 bits per heavy atom. The molecule has 2 aromatic heterocycles. The van der Waals surface area contributed by atoms with Crippen LogP contribution in [0.4, 0.5) is 5.69 Å². The van der Waals surface area contributed by atoms with E-state index in [2.05, 4.69) is 31.3 Å². The molecular formula is C33H31N5O3S. The highest BCUT2D eigenvalue weighted by Gasteiger charge is 2.32. The first-order valence-corrected chi connectivity index (χ1v) is 14.6. The fraction of sp³-hybridized carbons (Fsp3) is 0.212. The van der Waals surface area contributed by atoms with Gasteiger partial charge in [-0.25, -0.2) is 9.79 Å². The highest BCUT2D eigenvalue weighted by Crippen LogP contribution is 2.31. The molecule has 1 atom stereocenters. The lowest BCUT2D eigenvalue weighted by atomic mass is 9.93. The Labute approximate surface area is 246 Å². The molecular weight excluding hydrogens is 546 g/mol. The number of benzene rings is 3. The Kier molecular flexibility index (Phi) is 6.90. The van der Waals surface area contributed by atoms with Gasteiger partial charge in [0.25, 0.3) is 11.5 Å². The lowest BCUT2D eigenvalue weighted by molar-refractivity contribution is -0.113. The zero-order valence-electron chi connectivity index (χ0n) is 24.1. The maximum Gasteiger partial charge on any atom is 0.328 e. The lowest BCUT2D eigenvalue weighted by Crippen LogP contribution is -2.40. The number of fused-ring (bicyclic) bond motifs is 2. The minimum absolute atomic E-state index is 0.109. The molecule has 0 unspecified atom stereocenters. The van der Waals surface area contributed by atoms with Crippen LogP contribution in [-0.4, -0.2) is 19.6 Å². The molecule has 42 heavy (non-hydrogen) atoms. The fourth-order valence-electron chi connectivity index (χ4n) is 5.48. The van der Waals surface area contributed by atoms with Gasteiger partial charge in [-0.15, -0.1) is 0 Å². The average molecular weight is 578 g/mol. The molecule has 3 aromatic carbocycles. The van der Waals surface area contributed by atoms with Crippen molar-refractivity contribution >= 4 is 40.0 Å². The van der Waals surface area contributed by atoms with Crippen LogP contribution in [0.3, 0.4) is 0 Å². The van der Waals surface area contributed by atoms with E-state index in [4.69, 9.17) is 4.99 Å². The van der Waals surface area contributed by atoms with Crippen molar-refractivity contribution in [3.8, 4) is 0 Å². The topological polar surface area (TPSA) is 90.4 Å². The average Bonchev–Trinajstić information content (AvgIpc) is 3.40. The van der Waals surface area contributed by atoms with Crippen molar-refractivity contribution in [3.05, 3.63) is 131 Å². The first-order chi connectivity index (χ1) is 20.1. The number of thiazole rings is 1. The van der Waals surface area contributed by atoms with E-state index < -0.39 is 6.04 Å². The Balaban J connectivity index is 1.51. The van der Waals surface area contributed by atoms with Crippen molar-refractivity contribution in [3.63, 3.8) is 0 Å². The van der Waals surface area contributed by atoms with E-state index in [0.717, 1.165) is 22.2 Å². The SMILES string of the molecule is CC1=C(C(=O)Nc2ccccc2)[C@@H](c2ccc(C(C)C)cc2)n2c(s/c(=C/c3ccc4c(c3)n(C)c(=O)n4C)c2=O)=N1. The predicted octanol–water partition coefficient (Wildman–Crippen LogP) is 4.19. The summed E-state index contributed by atoms with van der Waals surface area (Å²) < 4.78 is 5.32. The van der Waals surface area contributed by atoms with Crippen molar-refractivity contribution in [2.45, 2.75) is 32.7 Å². The molecule has 0 fully saturated rings. The van der Waals surface area contributed by atoms with E-state index in [0.29, 0.717) is 32.2 Å². The smallest absolute Gasteiger partial charge is 0.322 e. The number of nitrogens with one attached hydrogen (secondary N) is 1. The number of imidazole rings is 1. The van der Waals surface area contributed by atoms with Gasteiger partial charge in [-0.2, -0.15) is 0 Å². The van der Waals surface area contributed by atoms with Gasteiger partial charge in [-0.3, -0.25) is 23.3 Å². The number of allylic oxidation sites excluding steroid dienone is 1. The van der Waals surface area contributed by atoms with Crippen molar-refractivity contribution < 1.29 is 4.79 Å². The summed E-state index contributed by atoms with van der Waals surface area (Å²) in [7, 11) is 3.47. The molecule has 8 nitrogen and oxygen atoms in total. The Hall–Kier alpha value is -4.76. The molecule has 3 heterocycles. The van der Waals surface area contributed by atoms with Gasteiger partial charge in [0.05, 0.1) is 32.9 Å². The van der Waals surface area contributed by atoms with Crippen LogP contribution in [-0.2, 0) is 18.9 Å². The van der Waals surface area contributed by atoms with Crippen LogP contribution >= 0.6 is 11.3 Å². The zero-order valence-corrected chi connectivity index (χ0v) is 24.9. The second-order valence-electron chi connectivity index (χ2n) is 10.9. The Morgan fingerprint density at radius 3 is 2.33 bits per heavy atom. The fourth-order valence-corrected chi connectivity index (χ4v) is 6.52. The van der Waals surface area contributed by atoms with Crippen molar-refractivity contribution in [1.29, 1.82) is 0 Å². The van der Waals surface area contributed by atoms with Gasteiger partial charge in [0, 0.05) is 19.8 Å². The highest BCUT2D eigenvalue weighted by molar-refractivity contribution is 7.07. The summed E-state index contributed by atoms with van der Waals surface area (Å²) in [6.45, 7) is 6.08. The van der Waals surface area contributed by atoms with Crippen molar-refractivity contribution in [1.82, 2.24) is 13.7 Å². The number of nitrogens with zero attached hydrogens (tertiary/aromatic N) is 4. The van der Waals surface area contributed by atoms with E-state index >= 15 is 0 Å². The molecule has 9 heteroatoms. The third-order valence-electron chi connectivity index (χ3n) is 7.81. The summed E-state index contributed by atoms with van der Waals surface area (Å²) in [4.78, 5) is 45.5. The molecule has 0 spiro atoms. The summed E-state index contributed by atoms with van der Waals surface area (Å²) in [6.07, 6.45) is 1.82. The van der Waals surface area contributed by atoms with Gasteiger partial charge >= 0.3 is 5.69 Å². The van der Waals surface area contributed by atoms with Crippen molar-refractivity contribution in [2.24, 2.45) is 19.1 Å². The molecule has 1 aliphatic heterocycles. The van der Waals surface area contributed by atoms with Crippen LogP contribution in [0.25, 0.3) is 17.1 Å². The number of rotatable bonds is 5.